The lowest BCUT2D eigenvalue weighted by atomic mass is 10.1. The maximum Gasteiger partial charge on any atom is 0.306 e. The zero-order chi connectivity index (χ0) is 48.4. The molecule has 0 saturated heterocycles. The predicted molar refractivity (Wildman–Crippen MR) is 273 cm³/mol. The average Bonchev–Trinajstić information content (AvgIpc) is 3.28. The Morgan fingerprint density at radius 1 is 0.470 bits per heavy atom. The first-order chi connectivity index (χ1) is 32.1. The van der Waals surface area contributed by atoms with Crippen molar-refractivity contribution >= 4 is 17.9 Å². The molecule has 0 aromatic rings. The van der Waals surface area contributed by atoms with Crippen molar-refractivity contribution in [2.24, 2.45) is 0 Å². The van der Waals surface area contributed by atoms with Crippen molar-refractivity contribution < 1.29 is 42.9 Å². The van der Waals surface area contributed by atoms with E-state index in [0.717, 1.165) is 109 Å². The van der Waals surface area contributed by atoms with Crippen LogP contribution in [0.1, 0.15) is 162 Å². The summed E-state index contributed by atoms with van der Waals surface area (Å²) in [5.74, 6) is -2.38. The van der Waals surface area contributed by atoms with Crippen LogP contribution in [0, 0.1) is 0 Å². The van der Waals surface area contributed by atoms with E-state index in [1.165, 1.54) is 12.8 Å². The van der Waals surface area contributed by atoms with Crippen molar-refractivity contribution in [3.63, 3.8) is 0 Å². The number of allylic oxidation sites excluding steroid dienone is 20. The second-order valence-electron chi connectivity index (χ2n) is 17.4. The summed E-state index contributed by atoms with van der Waals surface area (Å²) >= 11 is 0. The molecule has 0 aromatic heterocycles. The van der Waals surface area contributed by atoms with Crippen molar-refractivity contribution in [3.05, 3.63) is 122 Å². The zero-order valence-electron chi connectivity index (χ0n) is 42.0. The van der Waals surface area contributed by atoms with Gasteiger partial charge in [0.05, 0.1) is 40.3 Å². The van der Waals surface area contributed by atoms with Gasteiger partial charge in [-0.1, -0.05) is 167 Å². The molecule has 372 valence electrons. The summed E-state index contributed by atoms with van der Waals surface area (Å²) in [6, 6.07) is 0. The van der Waals surface area contributed by atoms with E-state index in [4.69, 9.17) is 18.9 Å². The van der Waals surface area contributed by atoms with Crippen LogP contribution in [0.3, 0.4) is 0 Å². The minimum Gasteiger partial charge on any atom is -0.545 e. The summed E-state index contributed by atoms with van der Waals surface area (Å²) in [4.78, 5) is 37.1. The zero-order valence-corrected chi connectivity index (χ0v) is 42.0. The molecule has 0 rings (SSSR count). The molecule has 2 atom stereocenters. The van der Waals surface area contributed by atoms with Gasteiger partial charge < -0.3 is 33.3 Å². The normalized spacial score (nSPS) is 13.9. The predicted octanol–water partition coefficient (Wildman–Crippen LogP) is 12.8. The van der Waals surface area contributed by atoms with Crippen LogP contribution in [-0.4, -0.2) is 82.3 Å². The van der Waals surface area contributed by atoms with E-state index in [1.807, 2.05) is 21.1 Å². The van der Waals surface area contributed by atoms with Crippen LogP contribution in [0.2, 0.25) is 0 Å². The Labute approximate surface area is 402 Å². The second kappa shape index (κ2) is 47.2. The molecule has 0 fully saturated rings. The minimum atomic E-state index is -1.64. The molecule has 0 N–H and O–H groups in total. The number of hydrogen-bond donors (Lipinski definition) is 0. The highest BCUT2D eigenvalue weighted by Crippen LogP contribution is 2.11. The van der Waals surface area contributed by atoms with Crippen molar-refractivity contribution in [3.8, 4) is 0 Å². The Bertz CT molecular complexity index is 1490. The molecule has 9 nitrogen and oxygen atoms in total. The third-order valence-electron chi connectivity index (χ3n) is 9.94. The number of rotatable bonds is 44. The van der Waals surface area contributed by atoms with E-state index < -0.39 is 30.3 Å². The SMILES string of the molecule is CC/C=C\C/C=C\C/C=C\C/C=C\C/C=C\C/C=C\C/C=C\C/C=C\CCCCC(=O)OC(COC(=O)CCCCCCC/C=C\C/C=C\CCCC)COC(OCC[N+](C)(C)C)C(=O)[O-]. The smallest absolute Gasteiger partial charge is 0.306 e. The van der Waals surface area contributed by atoms with E-state index in [1.54, 1.807) is 0 Å². The third-order valence-corrected chi connectivity index (χ3v) is 9.94. The summed E-state index contributed by atoms with van der Waals surface area (Å²) in [6.07, 6.45) is 62.4. The topological polar surface area (TPSA) is 111 Å². The van der Waals surface area contributed by atoms with Gasteiger partial charge in [0.15, 0.2) is 12.4 Å². The number of unbranched alkanes of at least 4 members (excludes halogenated alkanes) is 9. The molecule has 0 spiro atoms. The number of carbonyl (C=O) groups is 3. The number of ether oxygens (including phenoxy) is 4. The lowest BCUT2D eigenvalue weighted by molar-refractivity contribution is -0.870. The first-order valence-electron chi connectivity index (χ1n) is 25.2. The molecule has 9 heteroatoms. The van der Waals surface area contributed by atoms with E-state index >= 15 is 0 Å². The molecule has 0 radical (unpaired) electrons. The molecule has 0 saturated carbocycles. The van der Waals surface area contributed by atoms with Crippen molar-refractivity contribution in [1.29, 1.82) is 0 Å². The fraction of sp³-hybridized carbons (Fsp3) is 0.596. The van der Waals surface area contributed by atoms with E-state index in [0.29, 0.717) is 23.9 Å². The van der Waals surface area contributed by atoms with Gasteiger partial charge in [-0.25, -0.2) is 0 Å². The Kier molecular flexibility index (Phi) is 44.1. The molecular weight excluding hydrogens is 827 g/mol. The second-order valence-corrected chi connectivity index (χ2v) is 17.4. The average molecular weight is 918 g/mol. The summed E-state index contributed by atoms with van der Waals surface area (Å²) in [7, 11) is 5.88. The van der Waals surface area contributed by atoms with Crippen molar-refractivity contribution in [2.75, 3.05) is 47.5 Å². The maximum atomic E-state index is 12.8. The minimum absolute atomic E-state index is 0.129. The molecular formula is C57H91NO8. The van der Waals surface area contributed by atoms with Gasteiger partial charge in [-0.05, 0) is 103 Å². The van der Waals surface area contributed by atoms with Crippen LogP contribution in [0.25, 0.3) is 0 Å². The van der Waals surface area contributed by atoms with Crippen LogP contribution < -0.4 is 5.11 Å². The number of likely N-dealkylation sites (N-methyl/N-ethyl adjacent to an activating group) is 1. The Hall–Kier alpha value is -4.31. The van der Waals surface area contributed by atoms with Crippen LogP contribution in [0.5, 0.6) is 0 Å². The summed E-state index contributed by atoms with van der Waals surface area (Å²) in [6.45, 7) is 4.48. The van der Waals surface area contributed by atoms with E-state index in [2.05, 4.69) is 135 Å². The highest BCUT2D eigenvalue weighted by Gasteiger charge is 2.21. The number of nitrogens with zero attached hydrogens (tertiary/aromatic N) is 1. The van der Waals surface area contributed by atoms with Gasteiger partial charge in [-0.15, -0.1) is 0 Å². The maximum absolute atomic E-state index is 12.8. The molecule has 0 aromatic carbocycles. The molecule has 0 aliphatic carbocycles. The highest BCUT2D eigenvalue weighted by molar-refractivity contribution is 5.70. The van der Waals surface area contributed by atoms with Crippen molar-refractivity contribution in [2.45, 2.75) is 174 Å². The molecule has 0 aliphatic rings. The van der Waals surface area contributed by atoms with Crippen LogP contribution in [0.15, 0.2) is 122 Å². The summed E-state index contributed by atoms with van der Waals surface area (Å²) < 4.78 is 22.5. The van der Waals surface area contributed by atoms with Crippen LogP contribution in [-0.2, 0) is 33.3 Å². The summed E-state index contributed by atoms with van der Waals surface area (Å²) in [5, 5.41) is 11.7. The fourth-order valence-corrected chi connectivity index (χ4v) is 6.04. The molecule has 2 unspecified atom stereocenters. The standard InChI is InChI=1S/C57H91NO8/c1-6-8-10-12-14-16-18-20-22-23-24-25-26-27-28-29-30-31-32-33-34-36-38-40-42-44-46-48-55(60)66-53(52-65-57(56(61)62)63-50-49-58(3,4)5)51-64-54(59)47-45-43-41-39-37-35-21-19-17-15-13-11-9-7-2/h8,10,13-16,19-22,24-25,27-28,30-31,33-34,38,40,53,57H,6-7,9,11-12,17-18,23,26,29,32,35-37,39,41-52H2,1-5H3/b10-8-,15-13-,16-14-,21-19-,22-20-,25-24-,28-27-,31-30-,34-33-,40-38-. The number of carboxylic acid groups (broad SMARTS) is 1. The number of esters is 2. The third kappa shape index (κ3) is 47.6. The van der Waals surface area contributed by atoms with E-state index in [-0.39, 0.29) is 32.7 Å². The largest absolute Gasteiger partial charge is 0.545 e. The molecule has 0 bridgehead atoms. The Morgan fingerprint density at radius 2 is 0.864 bits per heavy atom. The van der Waals surface area contributed by atoms with Crippen molar-refractivity contribution in [1.82, 2.24) is 0 Å². The lowest BCUT2D eigenvalue weighted by Gasteiger charge is -2.26. The van der Waals surface area contributed by atoms with Crippen LogP contribution in [0.4, 0.5) is 0 Å². The quantitative estimate of drug-likeness (QED) is 0.0195. The van der Waals surface area contributed by atoms with Gasteiger partial charge in [-0.2, -0.15) is 0 Å². The lowest BCUT2D eigenvalue weighted by Crippen LogP contribution is -2.44. The van der Waals surface area contributed by atoms with Gasteiger partial charge in [0.1, 0.15) is 13.2 Å². The van der Waals surface area contributed by atoms with Gasteiger partial charge in [0.25, 0.3) is 0 Å². The van der Waals surface area contributed by atoms with E-state index in [9.17, 15) is 19.5 Å². The first kappa shape index (κ1) is 61.7. The molecule has 0 aliphatic heterocycles. The number of quaternary nitrogens is 1. The number of aliphatic carboxylic acids is 1. The molecule has 0 amide bonds. The number of carbonyl (C=O) groups excluding carboxylic acids is 3. The fourth-order valence-electron chi connectivity index (χ4n) is 6.04. The van der Waals surface area contributed by atoms with Gasteiger partial charge in [-0.3, -0.25) is 9.59 Å². The molecule has 0 heterocycles. The summed E-state index contributed by atoms with van der Waals surface area (Å²) in [5.41, 5.74) is 0. The number of hydrogen-bond acceptors (Lipinski definition) is 8. The van der Waals surface area contributed by atoms with Gasteiger partial charge >= 0.3 is 11.9 Å². The number of carboxylic acids is 1. The first-order valence-corrected chi connectivity index (χ1v) is 25.2. The van der Waals surface area contributed by atoms with Gasteiger partial charge in [0.2, 0.25) is 0 Å². The highest BCUT2D eigenvalue weighted by atomic mass is 16.7. The monoisotopic (exact) mass is 918 g/mol. The molecule has 66 heavy (non-hydrogen) atoms. The Balaban J connectivity index is 4.48. The van der Waals surface area contributed by atoms with Crippen LogP contribution >= 0.6 is 0 Å². The Morgan fingerprint density at radius 3 is 1.32 bits per heavy atom. The van der Waals surface area contributed by atoms with Gasteiger partial charge in [0, 0.05) is 12.8 Å².